The van der Waals surface area contributed by atoms with Crippen molar-refractivity contribution in [2.45, 2.75) is 6.92 Å². The number of ketones is 1. The lowest BCUT2D eigenvalue weighted by molar-refractivity contribution is 0.104. The van der Waals surface area contributed by atoms with Crippen LogP contribution in [0.5, 0.6) is 0 Å². The Morgan fingerprint density at radius 1 is 1.03 bits per heavy atom. The number of hydrogen-bond acceptors (Lipinski definition) is 4. The highest BCUT2D eigenvalue weighted by molar-refractivity contribution is 6.31. The minimum Gasteiger partial charge on any atom is -0.347 e. The van der Waals surface area contributed by atoms with Crippen molar-refractivity contribution in [1.82, 2.24) is 9.97 Å². The standard InChI is InChI=1S/C24H18ClN3O/c1-16-23(21(29)12-14-27-22-9-5-6-13-26-22)24(17-7-3-2-4-8-17)19-15-18(25)10-11-20(19)28-16/h2-15H,1H3,(H,26,27)/b14-12+. The Morgan fingerprint density at radius 3 is 2.59 bits per heavy atom. The summed E-state index contributed by atoms with van der Waals surface area (Å²) in [6.45, 7) is 1.85. The molecule has 0 saturated heterocycles. The number of pyridine rings is 2. The molecule has 4 aromatic rings. The predicted molar refractivity (Wildman–Crippen MR) is 118 cm³/mol. The van der Waals surface area contributed by atoms with Crippen molar-refractivity contribution in [3.63, 3.8) is 0 Å². The number of allylic oxidation sites excluding steroid dienone is 1. The lowest BCUT2D eigenvalue weighted by Crippen LogP contribution is -2.06. The topological polar surface area (TPSA) is 54.9 Å². The van der Waals surface area contributed by atoms with Crippen molar-refractivity contribution in [1.29, 1.82) is 0 Å². The smallest absolute Gasteiger partial charge is 0.189 e. The number of anilines is 1. The van der Waals surface area contributed by atoms with Gasteiger partial charge in [-0.2, -0.15) is 0 Å². The first-order chi connectivity index (χ1) is 14.1. The Labute approximate surface area is 173 Å². The summed E-state index contributed by atoms with van der Waals surface area (Å²) in [5.74, 6) is 0.527. The fraction of sp³-hybridized carbons (Fsp3) is 0.0417. The molecule has 29 heavy (non-hydrogen) atoms. The maximum absolute atomic E-state index is 13.2. The van der Waals surface area contributed by atoms with E-state index in [1.54, 1.807) is 12.4 Å². The number of fused-ring (bicyclic) bond motifs is 1. The van der Waals surface area contributed by atoms with Gasteiger partial charge < -0.3 is 5.32 Å². The molecular weight excluding hydrogens is 382 g/mol. The normalized spacial score (nSPS) is 11.1. The molecule has 0 bridgehead atoms. The molecule has 0 fully saturated rings. The number of benzene rings is 2. The van der Waals surface area contributed by atoms with E-state index in [1.165, 1.54) is 6.08 Å². The molecule has 0 saturated carbocycles. The fourth-order valence-corrected chi connectivity index (χ4v) is 3.47. The van der Waals surface area contributed by atoms with E-state index in [9.17, 15) is 4.79 Å². The van der Waals surface area contributed by atoms with Crippen LogP contribution in [0.4, 0.5) is 5.82 Å². The third-order valence-electron chi connectivity index (χ3n) is 4.57. The van der Waals surface area contributed by atoms with Gasteiger partial charge in [-0.1, -0.05) is 48.0 Å². The number of nitrogens with one attached hydrogen (secondary N) is 1. The maximum Gasteiger partial charge on any atom is 0.189 e. The van der Waals surface area contributed by atoms with E-state index >= 15 is 0 Å². The zero-order valence-electron chi connectivity index (χ0n) is 15.8. The lowest BCUT2D eigenvalue weighted by Gasteiger charge is -2.14. The number of rotatable bonds is 5. The summed E-state index contributed by atoms with van der Waals surface area (Å²) >= 11 is 6.26. The van der Waals surface area contributed by atoms with Crippen LogP contribution >= 0.6 is 11.6 Å². The van der Waals surface area contributed by atoms with Gasteiger partial charge in [0.05, 0.1) is 11.1 Å². The second-order valence-electron chi connectivity index (χ2n) is 6.53. The van der Waals surface area contributed by atoms with Crippen molar-refractivity contribution >= 4 is 34.1 Å². The van der Waals surface area contributed by atoms with E-state index in [0.29, 0.717) is 22.1 Å². The van der Waals surface area contributed by atoms with Gasteiger partial charge in [0.15, 0.2) is 5.78 Å². The Bertz CT molecular complexity index is 1210. The molecular formula is C24H18ClN3O. The van der Waals surface area contributed by atoms with Gasteiger partial charge in [0.2, 0.25) is 0 Å². The van der Waals surface area contributed by atoms with E-state index < -0.39 is 0 Å². The van der Waals surface area contributed by atoms with E-state index in [0.717, 1.165) is 22.0 Å². The molecule has 0 aliphatic rings. The molecule has 4 rings (SSSR count). The first-order valence-electron chi connectivity index (χ1n) is 9.17. The quantitative estimate of drug-likeness (QED) is 0.327. The highest BCUT2D eigenvalue weighted by Crippen LogP contribution is 2.34. The van der Waals surface area contributed by atoms with Gasteiger partial charge in [0, 0.05) is 40.1 Å². The summed E-state index contributed by atoms with van der Waals surface area (Å²) in [5.41, 5.74) is 3.82. The van der Waals surface area contributed by atoms with Crippen LogP contribution in [-0.4, -0.2) is 15.8 Å². The predicted octanol–water partition coefficient (Wildman–Crippen LogP) is 6.07. The van der Waals surface area contributed by atoms with Crippen LogP contribution in [0.15, 0.2) is 85.2 Å². The summed E-state index contributed by atoms with van der Waals surface area (Å²) in [6, 6.07) is 20.9. The number of carbonyl (C=O) groups excluding carboxylic acids is 1. The van der Waals surface area contributed by atoms with Crippen LogP contribution in [0.3, 0.4) is 0 Å². The molecule has 142 valence electrons. The first-order valence-corrected chi connectivity index (χ1v) is 9.55. The second kappa shape index (κ2) is 8.25. The van der Waals surface area contributed by atoms with Gasteiger partial charge in [0.25, 0.3) is 0 Å². The van der Waals surface area contributed by atoms with E-state index in [-0.39, 0.29) is 5.78 Å². The van der Waals surface area contributed by atoms with Crippen molar-refractivity contribution in [3.8, 4) is 11.1 Å². The Kier molecular flexibility index (Phi) is 5.36. The summed E-state index contributed by atoms with van der Waals surface area (Å²) in [4.78, 5) is 22.0. The zero-order chi connectivity index (χ0) is 20.2. The number of halogens is 1. The van der Waals surface area contributed by atoms with Crippen LogP contribution in [0, 0.1) is 6.92 Å². The van der Waals surface area contributed by atoms with Crippen LogP contribution in [0.1, 0.15) is 16.1 Å². The molecule has 2 aromatic carbocycles. The number of carbonyl (C=O) groups is 1. The molecule has 0 aliphatic heterocycles. The van der Waals surface area contributed by atoms with E-state index in [2.05, 4.69) is 15.3 Å². The Balaban J connectivity index is 1.82. The van der Waals surface area contributed by atoms with Crippen molar-refractivity contribution in [2.75, 3.05) is 5.32 Å². The largest absolute Gasteiger partial charge is 0.347 e. The van der Waals surface area contributed by atoms with Crippen LogP contribution in [-0.2, 0) is 0 Å². The summed E-state index contributed by atoms with van der Waals surface area (Å²) in [5, 5.41) is 4.47. The minimum absolute atomic E-state index is 0.140. The van der Waals surface area contributed by atoms with Gasteiger partial charge in [-0.25, -0.2) is 4.98 Å². The third-order valence-corrected chi connectivity index (χ3v) is 4.80. The third kappa shape index (κ3) is 4.03. The molecule has 2 heterocycles. The number of aromatic nitrogens is 2. The zero-order valence-corrected chi connectivity index (χ0v) is 16.5. The molecule has 2 aromatic heterocycles. The number of hydrogen-bond donors (Lipinski definition) is 1. The minimum atomic E-state index is -0.140. The van der Waals surface area contributed by atoms with E-state index in [4.69, 9.17) is 11.6 Å². The van der Waals surface area contributed by atoms with Crippen LogP contribution in [0.25, 0.3) is 22.0 Å². The lowest BCUT2D eigenvalue weighted by atomic mass is 9.92. The van der Waals surface area contributed by atoms with Crippen LogP contribution < -0.4 is 5.32 Å². The van der Waals surface area contributed by atoms with E-state index in [1.807, 2.05) is 73.7 Å². The van der Waals surface area contributed by atoms with Crippen LogP contribution in [0.2, 0.25) is 5.02 Å². The molecule has 0 spiro atoms. The Hall–Kier alpha value is -3.50. The maximum atomic E-state index is 13.2. The van der Waals surface area contributed by atoms with Crippen molar-refractivity contribution < 1.29 is 4.79 Å². The molecule has 0 amide bonds. The van der Waals surface area contributed by atoms with Gasteiger partial charge >= 0.3 is 0 Å². The fourth-order valence-electron chi connectivity index (χ4n) is 3.30. The average molecular weight is 400 g/mol. The molecule has 4 nitrogen and oxygen atoms in total. The van der Waals surface area contributed by atoms with Gasteiger partial charge in [-0.05, 0) is 42.8 Å². The molecule has 0 radical (unpaired) electrons. The highest BCUT2D eigenvalue weighted by atomic mass is 35.5. The molecule has 0 atom stereocenters. The monoisotopic (exact) mass is 399 g/mol. The Morgan fingerprint density at radius 2 is 1.83 bits per heavy atom. The summed E-state index contributed by atoms with van der Waals surface area (Å²) < 4.78 is 0. The first kappa shape index (κ1) is 18.8. The number of nitrogens with zero attached hydrogens (tertiary/aromatic N) is 2. The average Bonchev–Trinajstić information content (AvgIpc) is 2.74. The number of aryl methyl sites for hydroxylation is 1. The van der Waals surface area contributed by atoms with Gasteiger partial charge in [0.1, 0.15) is 5.82 Å². The van der Waals surface area contributed by atoms with Gasteiger partial charge in [-0.15, -0.1) is 0 Å². The van der Waals surface area contributed by atoms with Gasteiger partial charge in [-0.3, -0.25) is 9.78 Å². The molecule has 0 aliphatic carbocycles. The van der Waals surface area contributed by atoms with Crippen molar-refractivity contribution in [3.05, 3.63) is 101 Å². The highest BCUT2D eigenvalue weighted by Gasteiger charge is 2.19. The molecule has 5 heteroatoms. The summed E-state index contributed by atoms with van der Waals surface area (Å²) in [6.07, 6.45) is 4.79. The summed E-state index contributed by atoms with van der Waals surface area (Å²) in [7, 11) is 0. The molecule has 1 N–H and O–H groups in total. The second-order valence-corrected chi connectivity index (χ2v) is 6.97. The van der Waals surface area contributed by atoms with Crippen molar-refractivity contribution in [2.24, 2.45) is 0 Å². The molecule has 0 unspecified atom stereocenters. The SMILES string of the molecule is Cc1nc2ccc(Cl)cc2c(-c2ccccc2)c1C(=O)/C=C/Nc1ccccn1.